The van der Waals surface area contributed by atoms with Crippen LogP contribution in [0.5, 0.6) is 0 Å². The number of rotatable bonds is 6. The van der Waals surface area contributed by atoms with Crippen LogP contribution in [-0.4, -0.2) is 47.3 Å². The van der Waals surface area contributed by atoms with Crippen LogP contribution in [0.15, 0.2) is 53.4 Å². The SMILES string of the molecule is CS(O)(NC1CCN(Cc2ccc(N3CCCC3=O)cc2)C1)c1cccc(C(F)(F)F)c1. The first-order chi connectivity index (χ1) is 15.1. The standard InChI is InChI=1S/C23H28F3N3O2S/c1-32(31,21-5-2-4-18(14-21)23(24,25)26)27-19-11-13-28(16-19)15-17-7-9-20(10-8-17)29-12-3-6-22(29)30/h2,4-5,7-10,14,19,27,31H,3,6,11-13,15-16H2,1H3. The molecule has 2 aliphatic heterocycles. The first-order valence-electron chi connectivity index (χ1n) is 10.7. The number of hydrogen-bond acceptors (Lipinski definition) is 4. The Morgan fingerprint density at radius 1 is 1.16 bits per heavy atom. The lowest BCUT2D eigenvalue weighted by Crippen LogP contribution is -2.34. The average molecular weight is 468 g/mol. The van der Waals surface area contributed by atoms with Crippen molar-refractivity contribution in [2.45, 2.75) is 42.9 Å². The van der Waals surface area contributed by atoms with E-state index in [4.69, 9.17) is 0 Å². The summed E-state index contributed by atoms with van der Waals surface area (Å²) < 4.78 is 53.2. The Morgan fingerprint density at radius 2 is 1.91 bits per heavy atom. The molecule has 0 saturated carbocycles. The van der Waals surface area contributed by atoms with Crippen molar-refractivity contribution in [3.8, 4) is 0 Å². The van der Waals surface area contributed by atoms with Crippen LogP contribution >= 0.6 is 10.5 Å². The fourth-order valence-electron chi connectivity index (χ4n) is 4.35. The van der Waals surface area contributed by atoms with E-state index in [0.717, 1.165) is 55.9 Å². The normalized spacial score (nSPS) is 22.8. The zero-order valence-electron chi connectivity index (χ0n) is 17.9. The molecule has 0 aliphatic carbocycles. The molecule has 2 aromatic rings. The number of nitrogens with zero attached hydrogens (tertiary/aromatic N) is 2. The highest BCUT2D eigenvalue weighted by molar-refractivity contribution is 8.27. The molecule has 1 amide bonds. The molecule has 2 atom stereocenters. The summed E-state index contributed by atoms with van der Waals surface area (Å²) in [6.45, 7) is 3.05. The number of alkyl halides is 3. The summed E-state index contributed by atoms with van der Waals surface area (Å²) in [6.07, 6.45) is -0.551. The molecule has 0 aromatic heterocycles. The van der Waals surface area contributed by atoms with Crippen LogP contribution in [-0.2, 0) is 17.5 Å². The number of carbonyl (C=O) groups excluding carboxylic acids is 1. The molecule has 2 saturated heterocycles. The van der Waals surface area contributed by atoms with Gasteiger partial charge in [0.2, 0.25) is 5.91 Å². The van der Waals surface area contributed by atoms with Crippen LogP contribution in [0.3, 0.4) is 0 Å². The van der Waals surface area contributed by atoms with E-state index in [9.17, 15) is 22.5 Å². The van der Waals surface area contributed by atoms with Gasteiger partial charge in [-0.2, -0.15) is 13.2 Å². The van der Waals surface area contributed by atoms with Gasteiger partial charge >= 0.3 is 6.18 Å². The third kappa shape index (κ3) is 5.28. The van der Waals surface area contributed by atoms with Gasteiger partial charge in [0.05, 0.1) is 5.56 Å². The van der Waals surface area contributed by atoms with Crippen LogP contribution in [0.1, 0.15) is 30.4 Å². The van der Waals surface area contributed by atoms with Crippen LogP contribution in [0, 0.1) is 0 Å². The molecule has 32 heavy (non-hydrogen) atoms. The molecule has 4 rings (SSSR count). The predicted octanol–water partition coefficient (Wildman–Crippen LogP) is 4.88. The lowest BCUT2D eigenvalue weighted by atomic mass is 10.2. The van der Waals surface area contributed by atoms with E-state index < -0.39 is 22.2 Å². The minimum atomic E-state index is -4.44. The molecule has 5 nitrogen and oxygen atoms in total. The third-order valence-electron chi connectivity index (χ3n) is 6.02. The van der Waals surface area contributed by atoms with Gasteiger partial charge in [-0.3, -0.25) is 14.4 Å². The Balaban J connectivity index is 1.34. The van der Waals surface area contributed by atoms with E-state index in [0.29, 0.717) is 13.0 Å². The molecule has 2 heterocycles. The lowest BCUT2D eigenvalue weighted by molar-refractivity contribution is -0.137. The van der Waals surface area contributed by atoms with Gasteiger partial charge in [-0.25, -0.2) is 0 Å². The topological polar surface area (TPSA) is 55.8 Å². The summed E-state index contributed by atoms with van der Waals surface area (Å²) in [5, 5.41) is 0. The van der Waals surface area contributed by atoms with Crippen molar-refractivity contribution in [2.24, 2.45) is 0 Å². The van der Waals surface area contributed by atoms with Gasteiger partial charge in [0, 0.05) is 55.5 Å². The second-order valence-electron chi connectivity index (χ2n) is 8.55. The van der Waals surface area contributed by atoms with E-state index in [2.05, 4.69) is 9.62 Å². The van der Waals surface area contributed by atoms with Crippen molar-refractivity contribution in [1.29, 1.82) is 0 Å². The molecule has 2 N–H and O–H groups in total. The van der Waals surface area contributed by atoms with Crippen LogP contribution in [0.2, 0.25) is 0 Å². The van der Waals surface area contributed by atoms with Gasteiger partial charge < -0.3 is 9.45 Å². The molecule has 9 heteroatoms. The molecule has 2 aromatic carbocycles. The highest BCUT2D eigenvalue weighted by Gasteiger charge is 2.33. The molecular formula is C23H28F3N3O2S. The van der Waals surface area contributed by atoms with Gasteiger partial charge in [-0.15, -0.1) is 0 Å². The van der Waals surface area contributed by atoms with Crippen molar-refractivity contribution in [1.82, 2.24) is 9.62 Å². The summed E-state index contributed by atoms with van der Waals surface area (Å²) in [5.74, 6) is 0.168. The largest absolute Gasteiger partial charge is 0.416 e. The molecule has 0 spiro atoms. The number of benzene rings is 2. The van der Waals surface area contributed by atoms with E-state index in [1.54, 1.807) is 6.26 Å². The third-order valence-corrected chi connectivity index (χ3v) is 7.98. The number of hydrogen-bond donors (Lipinski definition) is 2. The maximum Gasteiger partial charge on any atom is 0.416 e. The highest BCUT2D eigenvalue weighted by atomic mass is 32.3. The number of halogens is 3. The molecular weight excluding hydrogens is 439 g/mol. The van der Waals surface area contributed by atoms with E-state index >= 15 is 0 Å². The number of amides is 1. The smallest absolute Gasteiger partial charge is 0.334 e. The lowest BCUT2D eigenvalue weighted by Gasteiger charge is -2.34. The minimum absolute atomic E-state index is 0.00367. The van der Waals surface area contributed by atoms with Gasteiger partial charge in [0.15, 0.2) is 0 Å². The van der Waals surface area contributed by atoms with Crippen molar-refractivity contribution in [2.75, 3.05) is 30.8 Å². The maximum absolute atomic E-state index is 13.0. The van der Waals surface area contributed by atoms with E-state index in [-0.39, 0.29) is 16.8 Å². The molecule has 2 unspecified atom stereocenters. The second kappa shape index (κ2) is 9.05. The molecule has 0 radical (unpaired) electrons. The quantitative estimate of drug-likeness (QED) is 0.636. The number of anilines is 1. The predicted molar refractivity (Wildman–Crippen MR) is 121 cm³/mol. The van der Waals surface area contributed by atoms with Crippen molar-refractivity contribution in [3.63, 3.8) is 0 Å². The van der Waals surface area contributed by atoms with Crippen molar-refractivity contribution >= 4 is 22.1 Å². The summed E-state index contributed by atoms with van der Waals surface area (Å²) in [5.41, 5.74) is 1.31. The van der Waals surface area contributed by atoms with Crippen molar-refractivity contribution < 1.29 is 22.5 Å². The minimum Gasteiger partial charge on any atom is -0.334 e. The first-order valence-corrected chi connectivity index (χ1v) is 12.7. The Kier molecular flexibility index (Phi) is 6.53. The molecule has 0 bridgehead atoms. The van der Waals surface area contributed by atoms with Crippen LogP contribution in [0.25, 0.3) is 0 Å². The van der Waals surface area contributed by atoms with E-state index in [1.807, 2.05) is 29.2 Å². The second-order valence-corrected chi connectivity index (χ2v) is 11.0. The zero-order chi connectivity index (χ0) is 22.9. The van der Waals surface area contributed by atoms with E-state index in [1.165, 1.54) is 12.1 Å². The number of nitrogens with one attached hydrogen (secondary N) is 1. The summed E-state index contributed by atoms with van der Waals surface area (Å²) in [6, 6.07) is 12.9. The Labute approximate surface area is 187 Å². The maximum atomic E-state index is 13.0. The molecule has 2 fully saturated rings. The summed E-state index contributed by atoms with van der Waals surface area (Å²) in [7, 11) is -2.56. The van der Waals surface area contributed by atoms with Gasteiger partial charge in [0.25, 0.3) is 0 Å². The van der Waals surface area contributed by atoms with Gasteiger partial charge in [-0.1, -0.05) is 28.7 Å². The Morgan fingerprint density at radius 3 is 2.56 bits per heavy atom. The average Bonchev–Trinajstić information content (AvgIpc) is 3.36. The van der Waals surface area contributed by atoms with Crippen LogP contribution < -0.4 is 9.62 Å². The highest BCUT2D eigenvalue weighted by Crippen LogP contribution is 2.47. The van der Waals surface area contributed by atoms with Crippen molar-refractivity contribution in [3.05, 3.63) is 59.7 Å². The fourth-order valence-corrected chi connectivity index (χ4v) is 6.02. The summed E-state index contributed by atoms with van der Waals surface area (Å²) >= 11 is 0. The summed E-state index contributed by atoms with van der Waals surface area (Å²) in [4.78, 5) is 16.2. The monoisotopic (exact) mass is 467 g/mol. The molecule has 174 valence electrons. The Bertz CT molecular complexity index is 966. The number of carbonyl (C=O) groups is 1. The van der Waals surface area contributed by atoms with Crippen LogP contribution in [0.4, 0.5) is 18.9 Å². The van der Waals surface area contributed by atoms with Gasteiger partial charge in [-0.05, 0) is 48.7 Å². The zero-order valence-corrected chi connectivity index (χ0v) is 18.8. The Hall–Kier alpha value is -2.07. The fraction of sp³-hybridized carbons (Fsp3) is 0.435. The van der Waals surface area contributed by atoms with Gasteiger partial charge in [0.1, 0.15) is 0 Å². The first kappa shape index (κ1) is 23.1. The number of likely N-dealkylation sites (tertiary alicyclic amines) is 1. The molecule has 2 aliphatic rings.